The molecule has 4 rings (SSSR count). The molecule has 2 saturated heterocycles. The molecule has 2 amide bonds. The second kappa shape index (κ2) is 9.15. The molecule has 160 valence electrons. The fourth-order valence-electron chi connectivity index (χ4n) is 6.18. The highest BCUT2D eigenvalue weighted by molar-refractivity contribution is 5.90. The normalized spacial score (nSPS) is 36.8. The molecule has 0 aromatic carbocycles. The molecule has 4 fully saturated rings. The second-order valence-electron chi connectivity index (χ2n) is 9.12. The molecule has 1 N–H and O–H groups in total. The van der Waals surface area contributed by atoms with E-state index in [1.165, 1.54) is 19.3 Å². The molecule has 5 nitrogen and oxygen atoms in total. The molecule has 1 spiro atoms. The van der Waals surface area contributed by atoms with Crippen LogP contribution in [0.2, 0.25) is 0 Å². The summed E-state index contributed by atoms with van der Waals surface area (Å²) in [5.74, 6) is 2.20. The molecular formula is C23H41N3O2. The average molecular weight is 392 g/mol. The van der Waals surface area contributed by atoms with Gasteiger partial charge in [-0.05, 0) is 57.3 Å². The maximum absolute atomic E-state index is 13.2. The minimum atomic E-state index is -0.528. The van der Waals surface area contributed by atoms with E-state index >= 15 is 0 Å². The van der Waals surface area contributed by atoms with Gasteiger partial charge in [0.25, 0.3) is 0 Å². The summed E-state index contributed by atoms with van der Waals surface area (Å²) in [7, 11) is 0. The number of hydrogen-bond acceptors (Lipinski definition) is 3. The van der Waals surface area contributed by atoms with Crippen LogP contribution in [-0.4, -0.2) is 53.0 Å². The van der Waals surface area contributed by atoms with Gasteiger partial charge in [-0.2, -0.15) is 0 Å². The summed E-state index contributed by atoms with van der Waals surface area (Å²) in [5, 5.41) is 3.68. The SMILES string of the molecule is CC.CCCCC1NC2(CCCN(C(=O)C3CC4CCC3C4)C2)C(=O)N1CC. The fourth-order valence-corrected chi connectivity index (χ4v) is 6.18. The predicted molar refractivity (Wildman–Crippen MR) is 113 cm³/mol. The molecule has 4 aliphatic rings. The topological polar surface area (TPSA) is 52.7 Å². The van der Waals surface area contributed by atoms with Crippen LogP contribution in [0, 0.1) is 17.8 Å². The summed E-state index contributed by atoms with van der Waals surface area (Å²) >= 11 is 0. The van der Waals surface area contributed by atoms with Gasteiger partial charge in [-0.15, -0.1) is 0 Å². The Morgan fingerprint density at radius 2 is 2.00 bits per heavy atom. The molecule has 5 atom stereocenters. The lowest BCUT2D eigenvalue weighted by atomic mass is 9.84. The lowest BCUT2D eigenvalue weighted by Gasteiger charge is -2.40. The summed E-state index contributed by atoms with van der Waals surface area (Å²) in [6, 6.07) is 0. The fraction of sp³-hybridized carbons (Fsp3) is 0.913. The molecule has 5 heteroatoms. The molecule has 2 heterocycles. The van der Waals surface area contributed by atoms with Crippen LogP contribution in [0.5, 0.6) is 0 Å². The van der Waals surface area contributed by atoms with Gasteiger partial charge in [0.2, 0.25) is 11.8 Å². The Balaban J connectivity index is 0.00000109. The summed E-state index contributed by atoms with van der Waals surface area (Å²) < 4.78 is 0. The number of carbonyl (C=O) groups excluding carboxylic acids is 2. The third-order valence-electron chi connectivity index (χ3n) is 7.52. The second-order valence-corrected chi connectivity index (χ2v) is 9.12. The predicted octanol–water partition coefficient (Wildman–Crippen LogP) is 3.78. The first kappa shape index (κ1) is 21.6. The van der Waals surface area contributed by atoms with Crippen molar-refractivity contribution in [3.05, 3.63) is 0 Å². The van der Waals surface area contributed by atoms with Crippen molar-refractivity contribution >= 4 is 11.8 Å². The summed E-state index contributed by atoms with van der Waals surface area (Å²) in [5.41, 5.74) is -0.528. The third kappa shape index (κ3) is 3.83. The minimum absolute atomic E-state index is 0.144. The average Bonchev–Trinajstić information content (AvgIpc) is 3.42. The first-order valence-corrected chi connectivity index (χ1v) is 12.0. The number of nitrogens with one attached hydrogen (secondary N) is 1. The first-order chi connectivity index (χ1) is 13.6. The molecule has 5 unspecified atom stereocenters. The van der Waals surface area contributed by atoms with E-state index in [1.807, 2.05) is 23.6 Å². The smallest absolute Gasteiger partial charge is 0.246 e. The van der Waals surface area contributed by atoms with E-state index in [0.717, 1.165) is 57.5 Å². The quantitative estimate of drug-likeness (QED) is 0.776. The minimum Gasteiger partial charge on any atom is -0.340 e. The van der Waals surface area contributed by atoms with E-state index in [1.54, 1.807) is 0 Å². The van der Waals surface area contributed by atoms with Gasteiger partial charge in [0, 0.05) is 25.6 Å². The van der Waals surface area contributed by atoms with Crippen LogP contribution in [-0.2, 0) is 9.59 Å². The van der Waals surface area contributed by atoms with Crippen molar-refractivity contribution in [3.8, 4) is 0 Å². The maximum Gasteiger partial charge on any atom is 0.246 e. The lowest BCUT2D eigenvalue weighted by Crippen LogP contribution is -2.60. The number of piperidine rings is 1. The highest BCUT2D eigenvalue weighted by atomic mass is 16.2. The number of nitrogens with zero attached hydrogens (tertiary/aromatic N) is 2. The van der Waals surface area contributed by atoms with E-state index in [-0.39, 0.29) is 18.0 Å². The number of amides is 2. The van der Waals surface area contributed by atoms with Crippen LogP contribution in [0.15, 0.2) is 0 Å². The number of likely N-dealkylation sites (N-methyl/N-ethyl adjacent to an activating group) is 1. The van der Waals surface area contributed by atoms with Crippen LogP contribution < -0.4 is 5.32 Å². The van der Waals surface area contributed by atoms with Gasteiger partial charge in [-0.3, -0.25) is 14.9 Å². The van der Waals surface area contributed by atoms with Crippen molar-refractivity contribution in [1.29, 1.82) is 0 Å². The zero-order chi connectivity index (χ0) is 20.3. The van der Waals surface area contributed by atoms with E-state index in [2.05, 4.69) is 19.2 Å². The zero-order valence-electron chi connectivity index (χ0n) is 18.5. The van der Waals surface area contributed by atoms with Crippen molar-refractivity contribution in [2.24, 2.45) is 17.8 Å². The van der Waals surface area contributed by atoms with Crippen LogP contribution in [0.3, 0.4) is 0 Å². The Morgan fingerprint density at radius 3 is 2.61 bits per heavy atom. The molecule has 0 aromatic rings. The van der Waals surface area contributed by atoms with E-state index < -0.39 is 5.54 Å². The van der Waals surface area contributed by atoms with Gasteiger partial charge in [0.1, 0.15) is 5.54 Å². The van der Waals surface area contributed by atoms with Crippen molar-refractivity contribution in [2.45, 2.75) is 97.2 Å². The number of hydrogen-bond donors (Lipinski definition) is 1. The third-order valence-corrected chi connectivity index (χ3v) is 7.52. The largest absolute Gasteiger partial charge is 0.340 e. The Hall–Kier alpha value is -1.10. The molecule has 28 heavy (non-hydrogen) atoms. The number of fused-ring (bicyclic) bond motifs is 2. The molecule has 2 aliphatic carbocycles. The Morgan fingerprint density at radius 1 is 1.21 bits per heavy atom. The molecule has 2 bridgehead atoms. The van der Waals surface area contributed by atoms with Crippen molar-refractivity contribution in [1.82, 2.24) is 15.1 Å². The van der Waals surface area contributed by atoms with E-state index in [9.17, 15) is 9.59 Å². The Labute approximate surface area is 171 Å². The monoisotopic (exact) mass is 391 g/mol. The summed E-state index contributed by atoms with van der Waals surface area (Å²) in [4.78, 5) is 30.5. The van der Waals surface area contributed by atoms with Crippen molar-refractivity contribution in [2.75, 3.05) is 19.6 Å². The number of unbranched alkanes of at least 4 members (excludes halogenated alkanes) is 1. The van der Waals surface area contributed by atoms with Gasteiger partial charge in [-0.1, -0.05) is 40.0 Å². The van der Waals surface area contributed by atoms with Gasteiger partial charge < -0.3 is 9.80 Å². The van der Waals surface area contributed by atoms with E-state index in [0.29, 0.717) is 18.4 Å². The Bertz CT molecular complexity index is 566. The highest BCUT2D eigenvalue weighted by Crippen LogP contribution is 2.49. The number of carbonyl (C=O) groups is 2. The van der Waals surface area contributed by atoms with Crippen molar-refractivity contribution < 1.29 is 9.59 Å². The van der Waals surface area contributed by atoms with Gasteiger partial charge in [-0.25, -0.2) is 0 Å². The molecule has 2 saturated carbocycles. The maximum atomic E-state index is 13.2. The number of rotatable bonds is 5. The highest BCUT2D eigenvalue weighted by Gasteiger charge is 2.54. The molecule has 2 aliphatic heterocycles. The lowest BCUT2D eigenvalue weighted by molar-refractivity contribution is -0.143. The molecular weight excluding hydrogens is 350 g/mol. The zero-order valence-corrected chi connectivity index (χ0v) is 18.5. The first-order valence-electron chi connectivity index (χ1n) is 12.0. The van der Waals surface area contributed by atoms with Gasteiger partial charge >= 0.3 is 0 Å². The molecule has 0 aromatic heterocycles. The van der Waals surface area contributed by atoms with Crippen LogP contribution in [0.1, 0.15) is 85.5 Å². The van der Waals surface area contributed by atoms with Crippen LogP contribution in [0.25, 0.3) is 0 Å². The van der Waals surface area contributed by atoms with Crippen LogP contribution in [0.4, 0.5) is 0 Å². The van der Waals surface area contributed by atoms with Gasteiger partial charge in [0.15, 0.2) is 0 Å². The van der Waals surface area contributed by atoms with Crippen LogP contribution >= 0.6 is 0 Å². The van der Waals surface area contributed by atoms with Crippen molar-refractivity contribution in [3.63, 3.8) is 0 Å². The summed E-state index contributed by atoms with van der Waals surface area (Å²) in [6.45, 7) is 10.4. The Kier molecular flexibility index (Phi) is 7.06. The molecule has 0 radical (unpaired) electrons. The van der Waals surface area contributed by atoms with E-state index in [4.69, 9.17) is 0 Å². The number of likely N-dealkylation sites (tertiary alicyclic amines) is 1. The summed E-state index contributed by atoms with van der Waals surface area (Å²) in [6.07, 6.45) is 10.1. The standard InChI is InChI=1S/C21H35N3O2.C2H6/c1-3-5-7-18-22-21(20(26)24(18)4-2)10-6-11-23(14-21)19(25)17-13-15-8-9-16(17)12-15;1-2/h15-18,22H,3-14H2,1-2H3;1-2H3. The van der Waals surface area contributed by atoms with Gasteiger partial charge in [0.05, 0.1) is 6.17 Å².